The predicted molar refractivity (Wildman–Crippen MR) is 132 cm³/mol. The van der Waals surface area contributed by atoms with Gasteiger partial charge in [-0.2, -0.15) is 12.6 Å². The zero-order chi connectivity index (χ0) is 22.2. The summed E-state index contributed by atoms with van der Waals surface area (Å²) in [5.41, 5.74) is 0. The van der Waals surface area contributed by atoms with Crippen molar-refractivity contribution in [2.45, 2.75) is 52.4 Å². The number of carboxylic acid groups (broad SMARTS) is 1. The molecule has 4 N–H and O–H groups in total. The number of aromatic amines is 2. The second-order valence-corrected chi connectivity index (χ2v) is 7.16. The third kappa shape index (κ3) is 26.4. The maximum absolute atomic E-state index is 10.5. The molecule has 1 unspecified atom stereocenters. The van der Waals surface area contributed by atoms with Crippen LogP contribution in [-0.4, -0.2) is 71.3 Å². The van der Waals surface area contributed by atoms with Gasteiger partial charge in [-0.3, -0.25) is 4.79 Å². The summed E-state index contributed by atoms with van der Waals surface area (Å²) < 4.78 is 0. The SMILES string of the molecule is BBBCC(C)C.CCCCCNC(CS)C(=O)O.c1c[nH]cn1.c1c[nH]cn1. The van der Waals surface area contributed by atoms with E-state index in [0.717, 1.165) is 31.7 Å². The van der Waals surface area contributed by atoms with Gasteiger partial charge in [0.2, 0.25) is 0 Å². The number of aromatic nitrogens is 4. The zero-order valence-corrected chi connectivity index (χ0v) is 19.4. The van der Waals surface area contributed by atoms with E-state index < -0.39 is 12.0 Å². The summed E-state index contributed by atoms with van der Waals surface area (Å²) in [4.78, 5) is 23.3. The quantitative estimate of drug-likeness (QED) is 0.227. The van der Waals surface area contributed by atoms with Gasteiger partial charge in [-0.25, -0.2) is 9.97 Å². The van der Waals surface area contributed by atoms with Crippen LogP contribution in [0.4, 0.5) is 0 Å². The smallest absolute Gasteiger partial charge is 0.321 e. The Morgan fingerprint density at radius 2 is 1.79 bits per heavy atom. The van der Waals surface area contributed by atoms with E-state index in [2.05, 4.69) is 66.4 Å². The van der Waals surface area contributed by atoms with Gasteiger partial charge < -0.3 is 20.4 Å². The number of carboxylic acids is 1. The Labute approximate surface area is 183 Å². The van der Waals surface area contributed by atoms with Gasteiger partial charge in [0.15, 0.2) is 0 Å². The topological polar surface area (TPSA) is 107 Å². The number of carbonyl (C=O) groups is 1. The first-order chi connectivity index (χ1) is 14.0. The van der Waals surface area contributed by atoms with Gasteiger partial charge in [0.1, 0.15) is 6.04 Å². The molecule has 162 valence electrons. The minimum absolute atomic E-state index is 0.349. The number of H-pyrrole nitrogens is 2. The van der Waals surface area contributed by atoms with Crippen LogP contribution in [0.2, 0.25) is 6.32 Å². The van der Waals surface area contributed by atoms with Crippen molar-refractivity contribution < 1.29 is 9.90 Å². The minimum atomic E-state index is -0.818. The van der Waals surface area contributed by atoms with Crippen molar-refractivity contribution >= 4 is 40.6 Å². The highest BCUT2D eigenvalue weighted by atomic mass is 32.1. The molecule has 1 atom stereocenters. The van der Waals surface area contributed by atoms with Crippen LogP contribution in [0.25, 0.3) is 0 Å². The van der Waals surface area contributed by atoms with Gasteiger partial charge in [0.05, 0.1) is 34.6 Å². The van der Waals surface area contributed by atoms with E-state index >= 15 is 0 Å². The maximum Gasteiger partial charge on any atom is 0.321 e. The summed E-state index contributed by atoms with van der Waals surface area (Å²) in [5.74, 6) is 0.433. The molecule has 0 aliphatic rings. The lowest BCUT2D eigenvalue weighted by Crippen LogP contribution is -2.38. The molecule has 0 saturated heterocycles. The fraction of sp³-hybridized carbons (Fsp3) is 0.611. The van der Waals surface area contributed by atoms with E-state index in [9.17, 15) is 4.79 Å². The lowest BCUT2D eigenvalue weighted by molar-refractivity contribution is -0.138. The standard InChI is InChI=1S/C8H17NO2S.C4H13B3.2C3H4N2/c1-2-3-4-5-9-7(6-12)8(10)11;1-4(2)3-6-7-5;2*1-2-5-3-4-1/h7,9,12H,2-6H2,1H3,(H,10,11);4,6-7H,3,5H2,1-2H3;2*1-3H,(H,4,5). The van der Waals surface area contributed by atoms with E-state index in [1.807, 2.05) is 0 Å². The fourth-order valence-electron chi connectivity index (χ4n) is 1.92. The number of hydrogen-bond acceptors (Lipinski definition) is 5. The van der Waals surface area contributed by atoms with Gasteiger partial charge in [-0.05, 0) is 13.0 Å². The first kappa shape index (κ1) is 29.6. The number of aliphatic carboxylic acids is 1. The molecular formula is C18H38B3N5O2S. The maximum atomic E-state index is 10.5. The molecule has 7 nitrogen and oxygen atoms in total. The normalized spacial score (nSPS) is 10.2. The van der Waals surface area contributed by atoms with Crippen molar-refractivity contribution in [2.24, 2.45) is 5.92 Å². The number of imidazole rings is 2. The average Bonchev–Trinajstić information content (AvgIpc) is 3.45. The summed E-state index contributed by atoms with van der Waals surface area (Å²) >= 11 is 3.94. The van der Waals surface area contributed by atoms with Crippen LogP contribution >= 0.6 is 12.6 Å². The zero-order valence-electron chi connectivity index (χ0n) is 18.5. The molecule has 29 heavy (non-hydrogen) atoms. The van der Waals surface area contributed by atoms with Crippen molar-refractivity contribution in [3.63, 3.8) is 0 Å². The van der Waals surface area contributed by atoms with E-state index in [0.29, 0.717) is 5.75 Å². The van der Waals surface area contributed by atoms with Crippen molar-refractivity contribution in [1.29, 1.82) is 0 Å². The molecule has 2 aromatic rings. The van der Waals surface area contributed by atoms with Gasteiger partial charge in [0.25, 0.3) is 0 Å². The number of unbranched alkanes of at least 4 members (excludes halogenated alkanes) is 2. The summed E-state index contributed by atoms with van der Waals surface area (Å²) in [6, 6.07) is -0.495. The first-order valence-electron chi connectivity index (χ1n) is 10.4. The number of rotatable bonds is 10. The summed E-state index contributed by atoms with van der Waals surface area (Å²) in [7, 11) is 4.98. The first-order valence-corrected chi connectivity index (χ1v) is 11.0. The molecule has 0 radical (unpaired) electrons. The molecule has 11 heteroatoms. The molecular weight excluding hydrogens is 383 g/mol. The lowest BCUT2D eigenvalue weighted by Gasteiger charge is -2.10. The minimum Gasteiger partial charge on any atom is -0.480 e. The van der Waals surface area contributed by atoms with E-state index in [1.54, 1.807) is 37.4 Å². The fourth-order valence-corrected chi connectivity index (χ4v) is 2.21. The van der Waals surface area contributed by atoms with Crippen molar-refractivity contribution in [1.82, 2.24) is 25.3 Å². The van der Waals surface area contributed by atoms with E-state index in [-0.39, 0.29) is 0 Å². The number of nitrogens with one attached hydrogen (secondary N) is 3. The van der Waals surface area contributed by atoms with Gasteiger partial charge in [-0.15, -0.1) is 0 Å². The van der Waals surface area contributed by atoms with Crippen LogP contribution in [0.5, 0.6) is 0 Å². The van der Waals surface area contributed by atoms with Crippen LogP contribution in [-0.2, 0) is 4.79 Å². The van der Waals surface area contributed by atoms with E-state index in [4.69, 9.17) is 5.11 Å². The second-order valence-electron chi connectivity index (χ2n) is 6.79. The van der Waals surface area contributed by atoms with Crippen molar-refractivity contribution in [3.8, 4) is 0 Å². The Balaban J connectivity index is 0. The molecule has 2 rings (SSSR count). The Kier molecular flexibility index (Phi) is 24.9. The van der Waals surface area contributed by atoms with Crippen LogP contribution < -0.4 is 5.32 Å². The Morgan fingerprint density at radius 1 is 1.21 bits per heavy atom. The van der Waals surface area contributed by atoms with Crippen molar-refractivity contribution in [2.75, 3.05) is 12.3 Å². The number of nitrogens with zero attached hydrogens (tertiary/aromatic N) is 2. The molecule has 0 aliphatic heterocycles. The largest absolute Gasteiger partial charge is 0.480 e. The second kappa shape index (κ2) is 24.4. The number of hydrogen-bond donors (Lipinski definition) is 5. The molecule has 0 spiro atoms. The molecule has 0 amide bonds. The van der Waals surface area contributed by atoms with Crippen LogP contribution in [0.15, 0.2) is 37.4 Å². The molecule has 0 aliphatic carbocycles. The lowest BCUT2D eigenvalue weighted by atomic mass is 9.26. The summed E-state index contributed by atoms with van der Waals surface area (Å²) in [5, 5.41) is 11.5. The van der Waals surface area contributed by atoms with Gasteiger partial charge in [-0.1, -0.05) is 45.9 Å². The van der Waals surface area contributed by atoms with Crippen LogP contribution in [0, 0.1) is 5.92 Å². The highest BCUT2D eigenvalue weighted by Gasteiger charge is 2.12. The third-order valence-corrected chi connectivity index (χ3v) is 3.96. The van der Waals surface area contributed by atoms with Crippen LogP contribution in [0.3, 0.4) is 0 Å². The molecule has 2 aromatic heterocycles. The number of thiol groups is 1. The monoisotopic (exact) mass is 421 g/mol. The van der Waals surface area contributed by atoms with Crippen LogP contribution in [0.1, 0.15) is 40.0 Å². The van der Waals surface area contributed by atoms with Gasteiger partial charge in [0, 0.05) is 30.5 Å². The average molecular weight is 421 g/mol. The molecule has 0 bridgehead atoms. The van der Waals surface area contributed by atoms with Gasteiger partial charge >= 0.3 is 5.97 Å². The molecule has 0 fully saturated rings. The molecule has 0 aromatic carbocycles. The van der Waals surface area contributed by atoms with E-state index in [1.165, 1.54) is 20.6 Å². The highest BCUT2D eigenvalue weighted by Crippen LogP contribution is 1.96. The Morgan fingerprint density at radius 3 is 2.03 bits per heavy atom. The van der Waals surface area contributed by atoms with Crippen molar-refractivity contribution in [3.05, 3.63) is 37.4 Å². The highest BCUT2D eigenvalue weighted by molar-refractivity contribution is 7.80. The third-order valence-electron chi connectivity index (χ3n) is 3.60. The summed E-state index contributed by atoms with van der Waals surface area (Å²) in [6.45, 7) is 7.43. The predicted octanol–water partition coefficient (Wildman–Crippen LogP) is 1.37. The Hall–Kier alpha value is -1.61. The molecule has 0 saturated carbocycles. The Bertz CT molecular complexity index is 459. The molecule has 2 heterocycles. The summed E-state index contributed by atoms with van der Waals surface area (Å²) in [6.07, 6.45) is 14.9.